The maximum absolute atomic E-state index is 13.2. The van der Waals surface area contributed by atoms with Crippen molar-refractivity contribution in [2.75, 3.05) is 30.3 Å². The molecule has 2 aromatic rings. The zero-order valence-electron chi connectivity index (χ0n) is 19.3. The number of nitrogens with one attached hydrogen (secondary N) is 2. The molecule has 1 aliphatic heterocycles. The number of nitrogens with zero attached hydrogens (tertiary/aromatic N) is 1. The number of aryl methyl sites for hydroxylation is 1. The van der Waals surface area contributed by atoms with Gasteiger partial charge in [-0.15, -0.1) is 0 Å². The van der Waals surface area contributed by atoms with Crippen LogP contribution in [0.2, 0.25) is 0 Å². The first-order chi connectivity index (χ1) is 16.2. The van der Waals surface area contributed by atoms with Gasteiger partial charge in [-0.2, -0.15) is 4.31 Å². The van der Waals surface area contributed by atoms with Crippen LogP contribution in [-0.2, 0) is 24.3 Å². The van der Waals surface area contributed by atoms with Crippen LogP contribution < -0.4 is 10.6 Å². The van der Waals surface area contributed by atoms with Crippen molar-refractivity contribution in [1.29, 1.82) is 0 Å². The van der Waals surface area contributed by atoms with Gasteiger partial charge in [0.2, 0.25) is 15.9 Å². The van der Waals surface area contributed by atoms with Gasteiger partial charge in [0.15, 0.2) is 6.61 Å². The number of sulfonamides is 1. The number of carbonyl (C=O) groups is 3. The van der Waals surface area contributed by atoms with Crippen LogP contribution in [0.1, 0.15) is 48.5 Å². The molecule has 0 saturated carbocycles. The summed E-state index contributed by atoms with van der Waals surface area (Å²) in [6.45, 7) is 3.48. The highest BCUT2D eigenvalue weighted by molar-refractivity contribution is 7.89. The molecule has 2 N–H and O–H groups in total. The molecule has 2 aromatic carbocycles. The van der Waals surface area contributed by atoms with E-state index in [1.807, 2.05) is 0 Å². The van der Waals surface area contributed by atoms with Gasteiger partial charge in [0.05, 0.1) is 10.5 Å². The van der Waals surface area contributed by atoms with E-state index in [9.17, 15) is 22.8 Å². The molecule has 2 amide bonds. The van der Waals surface area contributed by atoms with Gasteiger partial charge >= 0.3 is 5.97 Å². The van der Waals surface area contributed by atoms with Crippen molar-refractivity contribution in [3.8, 4) is 0 Å². The number of rotatable bonds is 7. The van der Waals surface area contributed by atoms with E-state index in [0.717, 1.165) is 25.7 Å². The molecule has 9 nitrogen and oxygen atoms in total. The lowest BCUT2D eigenvalue weighted by molar-refractivity contribution is -0.119. The van der Waals surface area contributed by atoms with Gasteiger partial charge in [-0.25, -0.2) is 13.2 Å². The van der Waals surface area contributed by atoms with Crippen LogP contribution in [0, 0.1) is 6.92 Å². The fourth-order valence-corrected chi connectivity index (χ4v) is 5.48. The van der Waals surface area contributed by atoms with Gasteiger partial charge in [0.25, 0.3) is 5.91 Å². The number of esters is 1. The number of amides is 2. The Morgan fingerprint density at radius 2 is 1.62 bits per heavy atom. The monoisotopic (exact) mass is 487 g/mol. The van der Waals surface area contributed by atoms with Gasteiger partial charge in [-0.3, -0.25) is 9.59 Å². The summed E-state index contributed by atoms with van der Waals surface area (Å²) in [5.41, 5.74) is 1.50. The van der Waals surface area contributed by atoms with Crippen molar-refractivity contribution in [2.24, 2.45) is 0 Å². The predicted octanol–water partition coefficient (Wildman–Crippen LogP) is 3.31. The first-order valence-electron chi connectivity index (χ1n) is 11.1. The molecule has 3 rings (SSSR count). The summed E-state index contributed by atoms with van der Waals surface area (Å²) in [5.74, 6) is -1.61. The Labute approximate surface area is 199 Å². The Hall–Kier alpha value is -3.24. The molecule has 0 aliphatic carbocycles. The van der Waals surface area contributed by atoms with Gasteiger partial charge < -0.3 is 15.4 Å². The number of hydrogen-bond donors (Lipinski definition) is 2. The number of ether oxygens (including phenoxy) is 1. The zero-order valence-corrected chi connectivity index (χ0v) is 20.1. The molecular formula is C24H29N3O6S. The maximum atomic E-state index is 13.2. The summed E-state index contributed by atoms with van der Waals surface area (Å²) in [4.78, 5) is 35.9. The molecular weight excluding hydrogens is 458 g/mol. The summed E-state index contributed by atoms with van der Waals surface area (Å²) in [7, 11) is -3.68. The Kier molecular flexibility index (Phi) is 8.41. The van der Waals surface area contributed by atoms with Crippen LogP contribution in [0.3, 0.4) is 0 Å². The first kappa shape index (κ1) is 25.4. The van der Waals surface area contributed by atoms with Crippen LogP contribution in [-0.4, -0.2) is 50.2 Å². The molecule has 34 heavy (non-hydrogen) atoms. The summed E-state index contributed by atoms with van der Waals surface area (Å²) in [6.07, 6.45) is 3.68. The standard InChI is InChI=1S/C24H29N3O6S/c1-17-10-11-21(15-22(17)34(31,32)27-12-5-3-4-6-13-27)26-23(29)16-33-24(30)19-8-7-9-20(14-19)25-18(2)28/h7-11,14-15H,3-6,12-13,16H2,1-2H3,(H,25,28)(H,26,29). The van der Waals surface area contributed by atoms with E-state index in [1.54, 1.807) is 31.2 Å². The number of carbonyl (C=O) groups excluding carboxylic acids is 3. The third-order valence-corrected chi connectivity index (χ3v) is 7.45. The number of benzene rings is 2. The van der Waals surface area contributed by atoms with Crippen LogP contribution in [0.5, 0.6) is 0 Å². The lowest BCUT2D eigenvalue weighted by atomic mass is 10.2. The minimum absolute atomic E-state index is 0.152. The SMILES string of the molecule is CC(=O)Nc1cccc(C(=O)OCC(=O)Nc2ccc(C)c(S(=O)(=O)N3CCCCCC3)c2)c1. The lowest BCUT2D eigenvalue weighted by Crippen LogP contribution is -2.32. The molecule has 182 valence electrons. The zero-order chi connectivity index (χ0) is 24.7. The average molecular weight is 488 g/mol. The van der Waals surface area contributed by atoms with Crippen molar-refractivity contribution >= 4 is 39.2 Å². The van der Waals surface area contributed by atoms with Crippen molar-refractivity contribution in [3.63, 3.8) is 0 Å². The normalized spacial score (nSPS) is 14.6. The minimum atomic E-state index is -3.68. The van der Waals surface area contributed by atoms with E-state index < -0.39 is 28.5 Å². The lowest BCUT2D eigenvalue weighted by Gasteiger charge is -2.21. The van der Waals surface area contributed by atoms with E-state index in [2.05, 4.69) is 10.6 Å². The summed E-state index contributed by atoms with van der Waals surface area (Å²) < 4.78 is 32.9. The summed E-state index contributed by atoms with van der Waals surface area (Å²) >= 11 is 0. The smallest absolute Gasteiger partial charge is 0.338 e. The average Bonchev–Trinajstić information content (AvgIpc) is 3.09. The van der Waals surface area contributed by atoms with Gasteiger partial charge in [0.1, 0.15) is 0 Å². The predicted molar refractivity (Wildman–Crippen MR) is 128 cm³/mol. The van der Waals surface area contributed by atoms with Crippen LogP contribution in [0.15, 0.2) is 47.4 Å². The Morgan fingerprint density at radius 3 is 2.29 bits per heavy atom. The maximum Gasteiger partial charge on any atom is 0.338 e. The van der Waals surface area contributed by atoms with Crippen molar-refractivity contribution in [1.82, 2.24) is 4.31 Å². The van der Waals surface area contributed by atoms with Gasteiger partial charge in [0, 0.05) is 31.4 Å². The molecule has 0 spiro atoms. The summed E-state index contributed by atoms with van der Waals surface area (Å²) in [6, 6.07) is 10.8. The highest BCUT2D eigenvalue weighted by Crippen LogP contribution is 2.26. The first-order valence-corrected chi connectivity index (χ1v) is 12.6. The molecule has 10 heteroatoms. The Morgan fingerprint density at radius 1 is 0.941 bits per heavy atom. The second-order valence-corrected chi connectivity index (χ2v) is 10.1. The second kappa shape index (κ2) is 11.3. The van der Waals surface area contributed by atoms with Crippen LogP contribution in [0.4, 0.5) is 11.4 Å². The number of anilines is 2. The molecule has 0 unspecified atom stereocenters. The Balaban J connectivity index is 1.64. The third kappa shape index (κ3) is 6.64. The van der Waals surface area contributed by atoms with Gasteiger partial charge in [-0.05, 0) is 55.7 Å². The van der Waals surface area contributed by atoms with Crippen molar-refractivity contribution < 1.29 is 27.5 Å². The topological polar surface area (TPSA) is 122 Å². The summed E-state index contributed by atoms with van der Waals surface area (Å²) in [5, 5.41) is 5.15. The molecule has 0 atom stereocenters. The highest BCUT2D eigenvalue weighted by atomic mass is 32.2. The molecule has 1 heterocycles. The van der Waals surface area contributed by atoms with E-state index in [-0.39, 0.29) is 16.4 Å². The second-order valence-electron chi connectivity index (χ2n) is 8.18. The molecule has 1 aliphatic rings. The molecule has 1 saturated heterocycles. The van der Waals surface area contributed by atoms with E-state index in [1.165, 1.54) is 29.4 Å². The largest absolute Gasteiger partial charge is 0.452 e. The minimum Gasteiger partial charge on any atom is -0.452 e. The third-order valence-electron chi connectivity index (χ3n) is 5.41. The van der Waals surface area contributed by atoms with Gasteiger partial charge in [-0.1, -0.05) is 25.0 Å². The van der Waals surface area contributed by atoms with E-state index in [4.69, 9.17) is 4.74 Å². The number of hydrogen-bond acceptors (Lipinski definition) is 6. The molecule has 0 bridgehead atoms. The van der Waals surface area contributed by atoms with Crippen molar-refractivity contribution in [2.45, 2.75) is 44.4 Å². The van der Waals surface area contributed by atoms with Crippen molar-refractivity contribution in [3.05, 3.63) is 53.6 Å². The fourth-order valence-electron chi connectivity index (χ4n) is 3.72. The van der Waals surface area contributed by atoms with Crippen LogP contribution >= 0.6 is 0 Å². The van der Waals surface area contributed by atoms with E-state index in [0.29, 0.717) is 30.0 Å². The molecule has 1 fully saturated rings. The highest BCUT2D eigenvalue weighted by Gasteiger charge is 2.27. The van der Waals surface area contributed by atoms with E-state index >= 15 is 0 Å². The quantitative estimate of drug-likeness (QED) is 0.578. The molecule has 0 aromatic heterocycles. The Bertz CT molecular complexity index is 1170. The van der Waals surface area contributed by atoms with Crippen LogP contribution in [0.25, 0.3) is 0 Å². The fraction of sp³-hybridized carbons (Fsp3) is 0.375. The molecule has 0 radical (unpaired) electrons.